The summed E-state index contributed by atoms with van der Waals surface area (Å²) in [5.74, 6) is -2.37. The molecule has 3 saturated heterocycles. The van der Waals surface area contributed by atoms with E-state index >= 15 is 0 Å². The first kappa shape index (κ1) is 25.2. The number of carboxylic acid groups (broad SMARTS) is 1. The molecule has 0 saturated carbocycles. The minimum Gasteiger partial charge on any atom is -0.477 e. The molecule has 0 aromatic carbocycles. The number of aliphatic carboxylic acids is 1. The van der Waals surface area contributed by atoms with Gasteiger partial charge in [-0.15, -0.1) is 11.8 Å². The molecule has 0 bridgehead atoms. The smallest absolute Gasteiger partial charge is 0.353 e. The zero-order valence-electron chi connectivity index (χ0n) is 18.8. The fraction of sp³-hybridized carbons (Fsp3) is 0.714. The minimum atomic E-state index is -3.19. The molecule has 3 N–H and O–H groups in total. The van der Waals surface area contributed by atoms with Gasteiger partial charge in [0, 0.05) is 53.3 Å². The van der Waals surface area contributed by atoms with E-state index in [1.807, 2.05) is 23.6 Å². The molecule has 0 unspecified atom stereocenters. The lowest BCUT2D eigenvalue weighted by Gasteiger charge is -2.47. The molecule has 6 atom stereocenters. The lowest BCUT2D eigenvalue weighted by Crippen LogP contribution is -2.66. The summed E-state index contributed by atoms with van der Waals surface area (Å²) < 4.78 is 25.3. The van der Waals surface area contributed by atoms with Crippen LogP contribution in [0.5, 0.6) is 0 Å². The summed E-state index contributed by atoms with van der Waals surface area (Å²) in [4.78, 5) is 52.8. The summed E-state index contributed by atoms with van der Waals surface area (Å²) in [5, 5.41) is 15.2. The van der Waals surface area contributed by atoms with Crippen molar-refractivity contribution in [3.05, 3.63) is 10.6 Å². The molecular weight excluding hydrogens is 490 g/mol. The Hall–Kier alpha value is -1.86. The zero-order valence-corrected chi connectivity index (χ0v) is 20.5. The highest BCUT2D eigenvalue weighted by Crippen LogP contribution is 2.51. The molecule has 188 valence electrons. The number of β-lactam (4-membered cyclic amide) rings is 1. The third-order valence-electron chi connectivity index (χ3n) is 6.90. The standard InChI is InChI=1S/C21H28F2N4O5S2/c1-9-14-13(10(2)25-18(28)17(22)23)20(30)27(14)15(21(31)32)16(9)34-11-7-12(24-8-11)19(29)26-3-5-33-6-4-26/h9-14,17,24H,3-8H2,1-2H3,(H,25,28)(H,31,32)/t9-,10-,11+,12+,13-,14-/m1/s1. The van der Waals surface area contributed by atoms with Crippen molar-refractivity contribution in [1.82, 2.24) is 20.4 Å². The second-order valence-corrected chi connectivity index (χ2v) is 11.6. The van der Waals surface area contributed by atoms with Gasteiger partial charge >= 0.3 is 12.4 Å². The van der Waals surface area contributed by atoms with Crippen LogP contribution in [0.1, 0.15) is 20.3 Å². The molecule has 9 nitrogen and oxygen atoms in total. The van der Waals surface area contributed by atoms with Gasteiger partial charge in [0.1, 0.15) is 5.70 Å². The number of thioether (sulfide) groups is 2. The number of amides is 3. The Morgan fingerprint density at radius 2 is 1.94 bits per heavy atom. The van der Waals surface area contributed by atoms with Crippen LogP contribution in [-0.2, 0) is 19.2 Å². The lowest BCUT2D eigenvalue weighted by molar-refractivity contribution is -0.159. The molecule has 3 fully saturated rings. The molecule has 0 aromatic heterocycles. The Morgan fingerprint density at radius 1 is 1.26 bits per heavy atom. The van der Waals surface area contributed by atoms with Crippen LogP contribution in [-0.4, -0.2) is 99.5 Å². The number of hydrogen-bond donors (Lipinski definition) is 3. The molecule has 0 aliphatic carbocycles. The zero-order chi connectivity index (χ0) is 24.7. The van der Waals surface area contributed by atoms with E-state index in [9.17, 15) is 33.1 Å². The molecule has 4 aliphatic rings. The van der Waals surface area contributed by atoms with Gasteiger partial charge in [-0.1, -0.05) is 6.92 Å². The molecule has 34 heavy (non-hydrogen) atoms. The number of carbonyl (C=O) groups is 4. The number of nitrogens with zero attached hydrogens (tertiary/aromatic N) is 2. The minimum absolute atomic E-state index is 0.0388. The van der Waals surface area contributed by atoms with Crippen LogP contribution in [0.4, 0.5) is 8.78 Å². The van der Waals surface area contributed by atoms with E-state index in [0.29, 0.717) is 17.9 Å². The fourth-order valence-corrected chi connectivity index (χ4v) is 7.62. The molecule has 4 rings (SSSR count). The Labute approximate surface area is 204 Å². The van der Waals surface area contributed by atoms with Crippen LogP contribution in [0.3, 0.4) is 0 Å². The number of carbonyl (C=O) groups excluding carboxylic acids is 3. The van der Waals surface area contributed by atoms with Gasteiger partial charge in [-0.05, 0) is 13.3 Å². The maximum atomic E-state index is 12.8. The molecular formula is C21H28F2N4O5S2. The van der Waals surface area contributed by atoms with Gasteiger partial charge in [-0.25, -0.2) is 4.79 Å². The first-order chi connectivity index (χ1) is 16.1. The number of rotatable bonds is 7. The molecule has 0 radical (unpaired) electrons. The Balaban J connectivity index is 1.44. The topological polar surface area (TPSA) is 119 Å². The van der Waals surface area contributed by atoms with E-state index in [4.69, 9.17) is 0 Å². The first-order valence-electron chi connectivity index (χ1n) is 11.3. The monoisotopic (exact) mass is 518 g/mol. The van der Waals surface area contributed by atoms with Gasteiger partial charge < -0.3 is 25.5 Å². The molecule has 4 aliphatic heterocycles. The maximum Gasteiger partial charge on any atom is 0.353 e. The predicted molar refractivity (Wildman–Crippen MR) is 123 cm³/mol. The maximum absolute atomic E-state index is 12.8. The average Bonchev–Trinajstić information content (AvgIpc) is 3.35. The third kappa shape index (κ3) is 4.53. The number of hydrogen-bond acceptors (Lipinski definition) is 7. The van der Waals surface area contributed by atoms with Gasteiger partial charge in [-0.3, -0.25) is 14.4 Å². The first-order valence-corrected chi connectivity index (χ1v) is 13.3. The van der Waals surface area contributed by atoms with Crippen LogP contribution in [0, 0.1) is 11.8 Å². The normalized spacial score (nSPS) is 32.0. The second-order valence-electron chi connectivity index (χ2n) is 9.00. The Bertz CT molecular complexity index is 914. The SMILES string of the molecule is C[C@@H](NC(=O)C(F)F)[C@H]1C(=O)N2C(C(=O)O)=C(S[C@@H]3CN[C@H](C(=O)N4CCSCC4)C3)[C@H](C)[C@H]12. The number of carboxylic acids is 1. The van der Waals surface area contributed by atoms with Crippen molar-refractivity contribution in [3.63, 3.8) is 0 Å². The summed E-state index contributed by atoms with van der Waals surface area (Å²) in [6, 6.07) is -1.69. The number of alkyl halides is 2. The third-order valence-corrected chi connectivity index (χ3v) is 9.36. The molecule has 0 spiro atoms. The Kier molecular flexibility index (Phi) is 7.44. The van der Waals surface area contributed by atoms with Gasteiger partial charge in [0.25, 0.3) is 5.91 Å². The van der Waals surface area contributed by atoms with E-state index in [-0.39, 0.29) is 28.8 Å². The van der Waals surface area contributed by atoms with Crippen molar-refractivity contribution < 1.29 is 33.1 Å². The number of halogens is 2. The Morgan fingerprint density at radius 3 is 2.56 bits per heavy atom. The van der Waals surface area contributed by atoms with Crippen LogP contribution in [0.2, 0.25) is 0 Å². The quantitative estimate of drug-likeness (QED) is 0.419. The van der Waals surface area contributed by atoms with Crippen molar-refractivity contribution in [3.8, 4) is 0 Å². The van der Waals surface area contributed by atoms with Crippen LogP contribution < -0.4 is 10.6 Å². The van der Waals surface area contributed by atoms with Crippen LogP contribution in [0.25, 0.3) is 0 Å². The summed E-state index contributed by atoms with van der Waals surface area (Å²) in [6.45, 7) is 5.29. The number of nitrogens with one attached hydrogen (secondary N) is 2. The van der Waals surface area contributed by atoms with Crippen molar-refractivity contribution in [1.29, 1.82) is 0 Å². The summed E-state index contributed by atoms with van der Waals surface area (Å²) in [5.41, 5.74) is -0.0843. The van der Waals surface area contributed by atoms with Crippen LogP contribution >= 0.6 is 23.5 Å². The van der Waals surface area contributed by atoms with Gasteiger partial charge in [0.2, 0.25) is 11.8 Å². The average molecular weight is 519 g/mol. The molecule has 4 heterocycles. The lowest BCUT2D eigenvalue weighted by atomic mass is 9.78. The number of fused-ring (bicyclic) bond motifs is 1. The predicted octanol–water partition coefficient (Wildman–Crippen LogP) is 0.568. The molecule has 0 aromatic rings. The van der Waals surface area contributed by atoms with Crippen molar-refractivity contribution in [2.75, 3.05) is 31.1 Å². The molecule has 3 amide bonds. The highest BCUT2D eigenvalue weighted by molar-refractivity contribution is 8.03. The summed E-state index contributed by atoms with van der Waals surface area (Å²) in [6.07, 6.45) is -2.64. The van der Waals surface area contributed by atoms with E-state index in [1.54, 1.807) is 0 Å². The second kappa shape index (κ2) is 10.0. The van der Waals surface area contributed by atoms with Crippen molar-refractivity contribution in [2.24, 2.45) is 11.8 Å². The summed E-state index contributed by atoms with van der Waals surface area (Å²) >= 11 is 3.19. The van der Waals surface area contributed by atoms with Gasteiger partial charge in [0.15, 0.2) is 0 Å². The van der Waals surface area contributed by atoms with Gasteiger partial charge in [-0.2, -0.15) is 20.5 Å². The molecule has 13 heteroatoms. The van der Waals surface area contributed by atoms with Gasteiger partial charge in [0.05, 0.1) is 18.0 Å². The van der Waals surface area contributed by atoms with E-state index < -0.39 is 42.2 Å². The van der Waals surface area contributed by atoms with E-state index in [0.717, 1.165) is 24.6 Å². The van der Waals surface area contributed by atoms with Crippen molar-refractivity contribution in [2.45, 2.75) is 50.1 Å². The van der Waals surface area contributed by atoms with E-state index in [1.165, 1.54) is 23.6 Å². The largest absolute Gasteiger partial charge is 0.477 e. The fourth-order valence-electron chi connectivity index (χ4n) is 5.24. The summed E-state index contributed by atoms with van der Waals surface area (Å²) in [7, 11) is 0. The highest BCUT2D eigenvalue weighted by Gasteiger charge is 2.60. The van der Waals surface area contributed by atoms with Crippen LogP contribution in [0.15, 0.2) is 10.6 Å². The van der Waals surface area contributed by atoms with Crippen molar-refractivity contribution >= 4 is 47.2 Å². The van der Waals surface area contributed by atoms with E-state index in [2.05, 4.69) is 10.6 Å². The highest BCUT2D eigenvalue weighted by atomic mass is 32.2.